The van der Waals surface area contributed by atoms with E-state index in [0.717, 1.165) is 0 Å². The van der Waals surface area contributed by atoms with E-state index >= 15 is 0 Å². The van der Waals surface area contributed by atoms with Gasteiger partial charge in [0.25, 0.3) is 0 Å². The van der Waals surface area contributed by atoms with E-state index < -0.39 is 11.8 Å². The lowest BCUT2D eigenvalue weighted by Crippen LogP contribution is -2.11. The van der Waals surface area contributed by atoms with E-state index in [1.54, 1.807) is 25.1 Å². The number of hydrogen-bond donors (Lipinski definition) is 0. The van der Waals surface area contributed by atoms with Gasteiger partial charge in [-0.15, -0.1) is 0 Å². The summed E-state index contributed by atoms with van der Waals surface area (Å²) in [6, 6.07) is 6.03. The Morgan fingerprint density at radius 3 is 2.67 bits per heavy atom. The highest BCUT2D eigenvalue weighted by atomic mass is 19.1. The number of benzene rings is 1. The fraction of sp³-hybridized carbons (Fsp3) is 0.231. The lowest BCUT2D eigenvalue weighted by Gasteiger charge is -2.11. The Morgan fingerprint density at radius 1 is 1.50 bits per heavy atom. The van der Waals surface area contributed by atoms with Gasteiger partial charge < -0.3 is 9.64 Å². The Labute approximate surface area is 105 Å². The van der Waals surface area contributed by atoms with Crippen molar-refractivity contribution in [1.29, 1.82) is 5.26 Å². The van der Waals surface area contributed by atoms with Gasteiger partial charge in [-0.1, -0.05) is 12.1 Å². The van der Waals surface area contributed by atoms with Crippen LogP contribution in [0.1, 0.15) is 11.1 Å². The highest BCUT2D eigenvalue weighted by Gasteiger charge is 2.18. The van der Waals surface area contributed by atoms with Crippen molar-refractivity contribution in [3.8, 4) is 6.07 Å². The molecule has 0 saturated carbocycles. The lowest BCUT2D eigenvalue weighted by molar-refractivity contribution is -0.133. The van der Waals surface area contributed by atoms with Gasteiger partial charge in [0.1, 0.15) is 11.9 Å². The fourth-order valence-electron chi connectivity index (χ4n) is 1.43. The number of nitrogens with zero attached hydrogens (tertiary/aromatic N) is 2. The predicted octanol–water partition coefficient (Wildman–Crippen LogP) is 1.77. The largest absolute Gasteiger partial charge is 0.465 e. The topological polar surface area (TPSA) is 53.3 Å². The van der Waals surface area contributed by atoms with Gasteiger partial charge in [0, 0.05) is 25.9 Å². The quantitative estimate of drug-likeness (QED) is 0.604. The molecule has 0 aliphatic carbocycles. The van der Waals surface area contributed by atoms with Crippen LogP contribution >= 0.6 is 0 Å². The Kier molecular flexibility index (Phi) is 4.44. The van der Waals surface area contributed by atoms with Crippen LogP contribution in [0, 0.1) is 17.1 Å². The first-order chi connectivity index (χ1) is 8.51. The molecule has 18 heavy (non-hydrogen) atoms. The third-order valence-electron chi connectivity index (χ3n) is 2.20. The Morgan fingerprint density at radius 2 is 2.17 bits per heavy atom. The maximum absolute atomic E-state index is 14.0. The van der Waals surface area contributed by atoms with Crippen LogP contribution in [0.2, 0.25) is 0 Å². The average molecular weight is 248 g/mol. The first-order valence-electron chi connectivity index (χ1n) is 5.16. The van der Waals surface area contributed by atoms with Crippen molar-refractivity contribution in [3.05, 3.63) is 41.3 Å². The van der Waals surface area contributed by atoms with Gasteiger partial charge >= 0.3 is 5.97 Å². The third-order valence-corrected chi connectivity index (χ3v) is 2.20. The van der Waals surface area contributed by atoms with Crippen molar-refractivity contribution in [3.63, 3.8) is 0 Å². The summed E-state index contributed by atoms with van der Waals surface area (Å²) in [6.07, 6.45) is 1.45. The fourth-order valence-corrected chi connectivity index (χ4v) is 1.43. The molecule has 0 aliphatic heterocycles. The molecule has 0 aliphatic rings. The molecule has 0 N–H and O–H groups in total. The first-order valence-corrected chi connectivity index (χ1v) is 5.16. The monoisotopic (exact) mass is 248 g/mol. The van der Waals surface area contributed by atoms with Crippen LogP contribution in [0.25, 0.3) is 5.57 Å². The second kappa shape index (κ2) is 5.82. The number of nitriles is 1. The SMILES string of the molecule is COC(=O)C(=CN(C)C)c1cccc(C#N)c1F. The standard InChI is InChI=1S/C13H13FN2O2/c1-16(2)8-11(13(17)18-3)10-6-4-5-9(7-15)12(10)14/h4-6,8H,1-3H3. The molecule has 4 nitrogen and oxygen atoms in total. The maximum atomic E-state index is 14.0. The molecule has 0 amide bonds. The molecule has 0 atom stereocenters. The second-order valence-corrected chi connectivity index (χ2v) is 3.78. The number of ether oxygens (including phenoxy) is 1. The van der Waals surface area contributed by atoms with Crippen LogP contribution in [0.4, 0.5) is 4.39 Å². The van der Waals surface area contributed by atoms with Crippen molar-refractivity contribution in [2.45, 2.75) is 0 Å². The minimum absolute atomic E-state index is 0.0506. The van der Waals surface area contributed by atoms with Crippen LogP contribution in [-0.4, -0.2) is 32.1 Å². The molecule has 5 heteroatoms. The molecular weight excluding hydrogens is 235 g/mol. The highest BCUT2D eigenvalue weighted by Crippen LogP contribution is 2.22. The average Bonchev–Trinajstić information content (AvgIpc) is 2.35. The Balaban J connectivity index is 3.40. The molecule has 0 aromatic heterocycles. The van der Waals surface area contributed by atoms with Crippen molar-refractivity contribution in [2.24, 2.45) is 0 Å². The summed E-state index contributed by atoms with van der Waals surface area (Å²) in [5.74, 6) is -1.38. The van der Waals surface area contributed by atoms with Crippen molar-refractivity contribution < 1.29 is 13.9 Å². The number of carbonyl (C=O) groups excluding carboxylic acids is 1. The van der Waals surface area contributed by atoms with Gasteiger partial charge in [-0.3, -0.25) is 0 Å². The van der Waals surface area contributed by atoms with Crippen LogP contribution in [0.5, 0.6) is 0 Å². The number of hydrogen-bond acceptors (Lipinski definition) is 4. The third kappa shape index (κ3) is 2.86. The van der Waals surface area contributed by atoms with Gasteiger partial charge in [-0.05, 0) is 6.07 Å². The molecule has 1 rings (SSSR count). The minimum atomic E-state index is -0.724. The van der Waals surface area contributed by atoms with Gasteiger partial charge in [-0.25, -0.2) is 9.18 Å². The predicted molar refractivity (Wildman–Crippen MR) is 64.8 cm³/mol. The van der Waals surface area contributed by atoms with E-state index in [2.05, 4.69) is 4.74 Å². The summed E-state index contributed by atoms with van der Waals surface area (Å²) < 4.78 is 18.6. The lowest BCUT2D eigenvalue weighted by atomic mass is 10.0. The number of rotatable bonds is 3. The molecule has 0 bridgehead atoms. The van der Waals surface area contributed by atoms with Gasteiger partial charge in [0.15, 0.2) is 0 Å². The Hall–Kier alpha value is -2.35. The summed E-state index contributed by atoms with van der Waals surface area (Å²) in [4.78, 5) is 13.2. The second-order valence-electron chi connectivity index (χ2n) is 3.78. The van der Waals surface area contributed by atoms with Crippen molar-refractivity contribution >= 4 is 11.5 Å². The molecule has 0 spiro atoms. The van der Waals surface area contributed by atoms with Crippen LogP contribution < -0.4 is 0 Å². The summed E-state index contributed by atoms with van der Waals surface area (Å²) in [7, 11) is 4.63. The summed E-state index contributed by atoms with van der Waals surface area (Å²) in [6.45, 7) is 0. The first kappa shape index (κ1) is 13.7. The molecule has 0 radical (unpaired) electrons. The normalized spacial score (nSPS) is 10.7. The molecule has 94 valence electrons. The molecular formula is C13H13FN2O2. The zero-order valence-corrected chi connectivity index (χ0v) is 10.4. The van der Waals surface area contributed by atoms with E-state index in [1.165, 1.54) is 31.5 Å². The molecule has 1 aromatic rings. The number of esters is 1. The van der Waals surface area contributed by atoms with Crippen LogP contribution in [-0.2, 0) is 9.53 Å². The molecule has 0 saturated heterocycles. The number of methoxy groups -OCH3 is 1. The van der Waals surface area contributed by atoms with Crippen LogP contribution in [0.15, 0.2) is 24.4 Å². The molecule has 1 aromatic carbocycles. The molecule has 0 fully saturated rings. The summed E-state index contributed by atoms with van der Waals surface area (Å²) >= 11 is 0. The van der Waals surface area contributed by atoms with Crippen molar-refractivity contribution in [1.82, 2.24) is 4.90 Å². The van der Waals surface area contributed by atoms with Gasteiger partial charge in [0.2, 0.25) is 0 Å². The van der Waals surface area contributed by atoms with Crippen molar-refractivity contribution in [2.75, 3.05) is 21.2 Å². The molecule has 0 unspecified atom stereocenters. The summed E-state index contributed by atoms with van der Waals surface area (Å²) in [5.41, 5.74) is 0.00718. The van der Waals surface area contributed by atoms with Gasteiger partial charge in [-0.2, -0.15) is 5.26 Å². The number of halogens is 1. The van der Waals surface area contributed by atoms with Crippen LogP contribution in [0.3, 0.4) is 0 Å². The van der Waals surface area contributed by atoms with E-state index in [4.69, 9.17) is 5.26 Å². The van der Waals surface area contributed by atoms with E-state index in [0.29, 0.717) is 0 Å². The zero-order chi connectivity index (χ0) is 13.7. The minimum Gasteiger partial charge on any atom is -0.465 e. The molecule has 0 heterocycles. The Bertz CT molecular complexity index is 530. The summed E-state index contributed by atoms with van der Waals surface area (Å²) in [5, 5.41) is 8.77. The van der Waals surface area contributed by atoms with E-state index in [-0.39, 0.29) is 16.7 Å². The smallest absolute Gasteiger partial charge is 0.340 e. The van der Waals surface area contributed by atoms with E-state index in [9.17, 15) is 9.18 Å². The highest BCUT2D eigenvalue weighted by molar-refractivity contribution is 6.16. The zero-order valence-electron chi connectivity index (χ0n) is 10.4. The van der Waals surface area contributed by atoms with Gasteiger partial charge in [0.05, 0.1) is 18.2 Å². The van der Waals surface area contributed by atoms with E-state index in [1.807, 2.05) is 0 Å². The maximum Gasteiger partial charge on any atom is 0.340 e. The number of carbonyl (C=O) groups is 1.